The molecule has 0 radical (unpaired) electrons. The van der Waals surface area contributed by atoms with Crippen LogP contribution < -0.4 is 0 Å². The van der Waals surface area contributed by atoms with E-state index >= 15 is 0 Å². The number of carbonyl (C=O) groups is 1. The molecule has 2 fully saturated rings. The van der Waals surface area contributed by atoms with Gasteiger partial charge in [0.25, 0.3) is 0 Å². The number of hydrogen-bond acceptors (Lipinski definition) is 5. The van der Waals surface area contributed by atoms with Gasteiger partial charge in [0.15, 0.2) is 0 Å². The van der Waals surface area contributed by atoms with Crippen LogP contribution >= 0.6 is 0 Å². The normalized spacial score (nSPS) is 23.8. The summed E-state index contributed by atoms with van der Waals surface area (Å²) in [5, 5.41) is 10.1. The summed E-state index contributed by atoms with van der Waals surface area (Å²) in [7, 11) is -2.22. The topological polar surface area (TPSA) is 96.4 Å². The molecule has 1 saturated heterocycles. The molecule has 3 atom stereocenters. The van der Waals surface area contributed by atoms with Crippen molar-refractivity contribution in [3.8, 4) is 0 Å². The Morgan fingerprint density at radius 3 is 2.47 bits per heavy atom. The van der Waals surface area contributed by atoms with Crippen molar-refractivity contribution in [2.75, 3.05) is 19.4 Å². The number of nitrogens with zero attached hydrogens (tertiary/aromatic N) is 2. The number of carboxylic acid groups (broad SMARTS) is 1. The molecule has 0 bridgehead atoms. The standard InChI is InChI=1S/C27H44N2O6S/c1-5-6-17-28(19-22-15-11-8-12-16-22)36(32,33)20-24(34-4)25-23(18-21-13-9-7-10-14-21)29(26(30)31)27(2,3)35-25/h8,11-12,15-16,21,23-25H,5-7,9-10,13-14,17-20H2,1-4H3,(H,30,31)/t23-,24-,25-/m0/s1. The third-order valence-electron chi connectivity index (χ3n) is 7.62. The van der Waals surface area contributed by atoms with Crippen molar-refractivity contribution in [3.05, 3.63) is 35.9 Å². The number of rotatable bonds is 12. The summed E-state index contributed by atoms with van der Waals surface area (Å²) in [6.45, 7) is 6.23. The van der Waals surface area contributed by atoms with Gasteiger partial charge in [-0.05, 0) is 38.2 Å². The lowest BCUT2D eigenvalue weighted by Gasteiger charge is -2.34. The van der Waals surface area contributed by atoms with E-state index in [4.69, 9.17) is 9.47 Å². The molecule has 0 unspecified atom stereocenters. The van der Waals surface area contributed by atoms with Gasteiger partial charge in [-0.25, -0.2) is 13.2 Å². The van der Waals surface area contributed by atoms with Crippen molar-refractivity contribution in [1.82, 2.24) is 9.21 Å². The fourth-order valence-electron chi connectivity index (χ4n) is 5.76. The van der Waals surface area contributed by atoms with Gasteiger partial charge in [-0.3, -0.25) is 4.90 Å². The second kappa shape index (κ2) is 12.7. The maximum Gasteiger partial charge on any atom is 0.409 e. The van der Waals surface area contributed by atoms with E-state index in [-0.39, 0.29) is 5.75 Å². The lowest BCUT2D eigenvalue weighted by atomic mass is 9.83. The number of ether oxygens (including phenoxy) is 2. The maximum absolute atomic E-state index is 13.7. The molecule has 1 aromatic carbocycles. The summed E-state index contributed by atoms with van der Waals surface area (Å²) >= 11 is 0. The summed E-state index contributed by atoms with van der Waals surface area (Å²) in [4.78, 5) is 13.7. The SMILES string of the molecule is CCCCN(Cc1ccccc1)S(=O)(=O)C[C@H](OC)[C@H]1OC(C)(C)N(C(=O)O)[C@H]1CC1CCCCC1. The van der Waals surface area contributed by atoms with Gasteiger partial charge < -0.3 is 14.6 Å². The molecular formula is C27H44N2O6S. The van der Waals surface area contributed by atoms with Crippen LogP contribution in [0.25, 0.3) is 0 Å². The lowest BCUT2D eigenvalue weighted by Crippen LogP contribution is -2.50. The van der Waals surface area contributed by atoms with Gasteiger partial charge in [-0.15, -0.1) is 0 Å². The molecule has 1 saturated carbocycles. The number of methoxy groups -OCH3 is 1. The fraction of sp³-hybridized carbons (Fsp3) is 0.741. The predicted molar refractivity (Wildman–Crippen MR) is 140 cm³/mol. The molecular weight excluding hydrogens is 480 g/mol. The minimum absolute atomic E-state index is 0.255. The first-order valence-corrected chi connectivity index (χ1v) is 14.9. The van der Waals surface area contributed by atoms with E-state index in [1.807, 2.05) is 37.3 Å². The second-order valence-corrected chi connectivity index (χ2v) is 12.7. The highest BCUT2D eigenvalue weighted by atomic mass is 32.2. The van der Waals surface area contributed by atoms with Crippen LogP contribution in [0, 0.1) is 5.92 Å². The van der Waals surface area contributed by atoms with E-state index in [0.29, 0.717) is 25.4 Å². The summed E-state index contributed by atoms with van der Waals surface area (Å²) in [5.74, 6) is 0.147. The minimum atomic E-state index is -3.71. The molecule has 1 N–H and O–H groups in total. The molecule has 0 spiro atoms. The van der Waals surface area contributed by atoms with Gasteiger partial charge in [0.05, 0.1) is 11.8 Å². The number of sulfonamides is 1. The van der Waals surface area contributed by atoms with Gasteiger partial charge in [-0.1, -0.05) is 75.8 Å². The van der Waals surface area contributed by atoms with E-state index in [1.54, 1.807) is 13.8 Å². The summed E-state index contributed by atoms with van der Waals surface area (Å²) in [5.41, 5.74) is -0.140. The first-order valence-electron chi connectivity index (χ1n) is 13.3. The van der Waals surface area contributed by atoms with Crippen LogP contribution in [0.1, 0.15) is 77.7 Å². The molecule has 1 heterocycles. The fourth-order valence-corrected chi connectivity index (χ4v) is 7.47. The summed E-state index contributed by atoms with van der Waals surface area (Å²) in [6, 6.07) is 9.12. The van der Waals surface area contributed by atoms with E-state index in [0.717, 1.165) is 44.1 Å². The van der Waals surface area contributed by atoms with Crippen LogP contribution in [0.4, 0.5) is 4.79 Å². The van der Waals surface area contributed by atoms with Crippen LogP contribution in [0.5, 0.6) is 0 Å². The Labute approximate surface area is 217 Å². The van der Waals surface area contributed by atoms with Crippen LogP contribution in [-0.4, -0.2) is 72.2 Å². The van der Waals surface area contributed by atoms with Crippen molar-refractivity contribution in [1.29, 1.82) is 0 Å². The Bertz CT molecular complexity index is 933. The molecule has 2 aliphatic rings. The molecule has 1 amide bonds. The van der Waals surface area contributed by atoms with Crippen LogP contribution in [-0.2, 0) is 26.0 Å². The number of unbranched alkanes of at least 4 members (excludes halogenated alkanes) is 1. The molecule has 1 aromatic rings. The average Bonchev–Trinajstić information content (AvgIpc) is 3.11. The molecule has 3 rings (SSSR count). The van der Waals surface area contributed by atoms with Crippen molar-refractivity contribution < 1.29 is 27.8 Å². The Kier molecular flexibility index (Phi) is 10.2. The Morgan fingerprint density at radius 2 is 1.89 bits per heavy atom. The van der Waals surface area contributed by atoms with Gasteiger partial charge in [0, 0.05) is 20.2 Å². The maximum atomic E-state index is 13.7. The van der Waals surface area contributed by atoms with Gasteiger partial charge >= 0.3 is 6.09 Å². The van der Waals surface area contributed by atoms with E-state index < -0.39 is 40.1 Å². The zero-order valence-electron chi connectivity index (χ0n) is 22.3. The molecule has 36 heavy (non-hydrogen) atoms. The molecule has 0 aromatic heterocycles. The van der Waals surface area contributed by atoms with E-state index in [2.05, 4.69) is 0 Å². The highest BCUT2D eigenvalue weighted by molar-refractivity contribution is 7.89. The summed E-state index contributed by atoms with van der Waals surface area (Å²) < 4.78 is 41.0. The van der Waals surface area contributed by atoms with E-state index in [9.17, 15) is 18.3 Å². The molecule has 8 nitrogen and oxygen atoms in total. The van der Waals surface area contributed by atoms with Gasteiger partial charge in [0.2, 0.25) is 10.0 Å². The third-order valence-corrected chi connectivity index (χ3v) is 9.47. The smallest absolute Gasteiger partial charge is 0.409 e. The molecule has 204 valence electrons. The Balaban J connectivity index is 1.85. The minimum Gasteiger partial charge on any atom is -0.465 e. The highest BCUT2D eigenvalue weighted by Crippen LogP contribution is 2.40. The van der Waals surface area contributed by atoms with Crippen molar-refractivity contribution in [3.63, 3.8) is 0 Å². The first-order chi connectivity index (χ1) is 17.1. The summed E-state index contributed by atoms with van der Waals surface area (Å²) in [6.07, 6.45) is 5.43. The monoisotopic (exact) mass is 524 g/mol. The van der Waals surface area contributed by atoms with Crippen LogP contribution in [0.2, 0.25) is 0 Å². The van der Waals surface area contributed by atoms with E-state index in [1.165, 1.54) is 22.7 Å². The number of amides is 1. The number of hydrogen-bond donors (Lipinski definition) is 1. The highest BCUT2D eigenvalue weighted by Gasteiger charge is 2.54. The molecule has 1 aliphatic carbocycles. The van der Waals surface area contributed by atoms with Crippen molar-refractivity contribution >= 4 is 16.1 Å². The van der Waals surface area contributed by atoms with Crippen LogP contribution in [0.3, 0.4) is 0 Å². The second-order valence-electron chi connectivity index (χ2n) is 10.7. The zero-order chi connectivity index (χ0) is 26.3. The number of benzene rings is 1. The Morgan fingerprint density at radius 1 is 1.22 bits per heavy atom. The van der Waals surface area contributed by atoms with Gasteiger partial charge in [-0.2, -0.15) is 4.31 Å². The largest absolute Gasteiger partial charge is 0.465 e. The molecule has 9 heteroatoms. The van der Waals surface area contributed by atoms with Crippen molar-refractivity contribution in [2.45, 2.75) is 103 Å². The quantitative estimate of drug-likeness (QED) is 0.409. The first kappa shape index (κ1) is 28.9. The zero-order valence-corrected chi connectivity index (χ0v) is 23.1. The molecule has 1 aliphatic heterocycles. The Hall–Kier alpha value is -1.68. The van der Waals surface area contributed by atoms with Gasteiger partial charge in [0.1, 0.15) is 17.9 Å². The lowest BCUT2D eigenvalue weighted by molar-refractivity contribution is -0.100. The van der Waals surface area contributed by atoms with Crippen LogP contribution in [0.15, 0.2) is 30.3 Å². The third kappa shape index (κ3) is 7.21. The van der Waals surface area contributed by atoms with Crippen molar-refractivity contribution in [2.24, 2.45) is 5.92 Å². The average molecular weight is 525 g/mol. The predicted octanol–water partition coefficient (Wildman–Crippen LogP) is 5.09.